The van der Waals surface area contributed by atoms with Gasteiger partial charge in [-0.15, -0.1) is 0 Å². The minimum Gasteiger partial charge on any atom is -0.482 e. The Morgan fingerprint density at radius 3 is 2.85 bits per heavy atom. The SMILES string of the molecule is Cc1ccccc1-c1noc(=O)n1CC(=O)c1ccc2c(c1)NC(=O)CO2. The molecule has 136 valence electrons. The van der Waals surface area contributed by atoms with E-state index in [-0.39, 0.29) is 24.8 Å². The van der Waals surface area contributed by atoms with Crippen LogP contribution in [0.1, 0.15) is 15.9 Å². The summed E-state index contributed by atoms with van der Waals surface area (Å²) in [5.41, 5.74) is 2.38. The molecular weight excluding hydrogens is 350 g/mol. The number of carbonyl (C=O) groups is 2. The third-order valence-electron chi connectivity index (χ3n) is 4.31. The summed E-state index contributed by atoms with van der Waals surface area (Å²) in [4.78, 5) is 36.2. The Balaban J connectivity index is 1.66. The lowest BCUT2D eigenvalue weighted by Crippen LogP contribution is -2.26. The van der Waals surface area contributed by atoms with E-state index in [2.05, 4.69) is 10.5 Å². The Morgan fingerprint density at radius 1 is 1.22 bits per heavy atom. The predicted molar refractivity (Wildman–Crippen MR) is 95.8 cm³/mol. The van der Waals surface area contributed by atoms with Crippen LogP contribution in [0.25, 0.3) is 11.4 Å². The summed E-state index contributed by atoms with van der Waals surface area (Å²) >= 11 is 0. The average Bonchev–Trinajstić information content (AvgIpc) is 3.02. The summed E-state index contributed by atoms with van der Waals surface area (Å²) in [6, 6.07) is 12.1. The first-order valence-electron chi connectivity index (χ1n) is 8.25. The smallest absolute Gasteiger partial charge is 0.442 e. The highest BCUT2D eigenvalue weighted by Crippen LogP contribution is 2.29. The zero-order valence-electron chi connectivity index (χ0n) is 14.4. The number of carbonyl (C=O) groups excluding carboxylic acids is 2. The van der Waals surface area contributed by atoms with Crippen molar-refractivity contribution in [3.63, 3.8) is 0 Å². The van der Waals surface area contributed by atoms with Gasteiger partial charge in [0.1, 0.15) is 5.75 Å². The molecule has 8 heteroatoms. The molecule has 2 heterocycles. The van der Waals surface area contributed by atoms with Crippen molar-refractivity contribution in [1.82, 2.24) is 9.72 Å². The molecule has 0 fully saturated rings. The number of hydrogen-bond donors (Lipinski definition) is 1. The van der Waals surface area contributed by atoms with E-state index in [4.69, 9.17) is 9.26 Å². The quantitative estimate of drug-likeness (QED) is 0.710. The van der Waals surface area contributed by atoms with Gasteiger partial charge in [-0.1, -0.05) is 29.4 Å². The molecule has 0 atom stereocenters. The summed E-state index contributed by atoms with van der Waals surface area (Å²) in [5, 5.41) is 6.47. The molecule has 0 bridgehead atoms. The summed E-state index contributed by atoms with van der Waals surface area (Å²) in [6.07, 6.45) is 0. The Hall–Kier alpha value is -3.68. The van der Waals surface area contributed by atoms with Gasteiger partial charge >= 0.3 is 5.76 Å². The Kier molecular flexibility index (Phi) is 4.08. The number of aryl methyl sites for hydroxylation is 1. The van der Waals surface area contributed by atoms with Crippen LogP contribution < -0.4 is 15.8 Å². The van der Waals surface area contributed by atoms with Crippen LogP contribution in [0.5, 0.6) is 5.75 Å². The fourth-order valence-corrected chi connectivity index (χ4v) is 2.92. The number of anilines is 1. The first-order chi connectivity index (χ1) is 13.0. The van der Waals surface area contributed by atoms with E-state index in [1.807, 2.05) is 25.1 Å². The van der Waals surface area contributed by atoms with Crippen LogP contribution in [-0.2, 0) is 11.3 Å². The molecule has 0 radical (unpaired) electrons. The molecule has 27 heavy (non-hydrogen) atoms. The van der Waals surface area contributed by atoms with E-state index in [9.17, 15) is 14.4 Å². The van der Waals surface area contributed by atoms with E-state index < -0.39 is 5.76 Å². The van der Waals surface area contributed by atoms with Gasteiger partial charge in [-0.05, 0) is 30.7 Å². The first-order valence-corrected chi connectivity index (χ1v) is 8.25. The number of nitrogens with zero attached hydrogens (tertiary/aromatic N) is 2. The molecule has 0 unspecified atom stereocenters. The normalized spacial score (nSPS) is 12.9. The molecule has 8 nitrogen and oxygen atoms in total. The van der Waals surface area contributed by atoms with Gasteiger partial charge in [0.2, 0.25) is 0 Å². The Morgan fingerprint density at radius 2 is 2.04 bits per heavy atom. The average molecular weight is 365 g/mol. The summed E-state index contributed by atoms with van der Waals surface area (Å²) in [6.45, 7) is 1.59. The van der Waals surface area contributed by atoms with Crippen molar-refractivity contribution >= 4 is 17.4 Å². The van der Waals surface area contributed by atoms with E-state index in [1.54, 1.807) is 18.2 Å². The Bertz CT molecular complexity index is 1110. The van der Waals surface area contributed by atoms with Gasteiger partial charge in [0.15, 0.2) is 18.2 Å². The highest BCUT2D eigenvalue weighted by atomic mass is 16.5. The van der Waals surface area contributed by atoms with Crippen LogP contribution in [0.15, 0.2) is 51.8 Å². The highest BCUT2D eigenvalue weighted by molar-refractivity contribution is 6.00. The first kappa shape index (κ1) is 16.8. The van der Waals surface area contributed by atoms with Gasteiger partial charge < -0.3 is 10.1 Å². The highest BCUT2D eigenvalue weighted by Gasteiger charge is 2.21. The number of ether oxygens (including phenoxy) is 1. The topological polar surface area (TPSA) is 103 Å². The largest absolute Gasteiger partial charge is 0.482 e. The molecule has 1 N–H and O–H groups in total. The second-order valence-electron chi connectivity index (χ2n) is 6.14. The van der Waals surface area contributed by atoms with Gasteiger partial charge in [-0.25, -0.2) is 9.36 Å². The molecule has 0 aliphatic carbocycles. The lowest BCUT2D eigenvalue weighted by atomic mass is 10.1. The van der Waals surface area contributed by atoms with Crippen LogP contribution in [0.3, 0.4) is 0 Å². The number of ketones is 1. The molecule has 2 aromatic carbocycles. The van der Waals surface area contributed by atoms with Gasteiger partial charge in [-0.2, -0.15) is 0 Å². The van der Waals surface area contributed by atoms with Crippen LogP contribution in [0.4, 0.5) is 5.69 Å². The maximum atomic E-state index is 12.7. The maximum Gasteiger partial charge on any atom is 0.442 e. The molecule has 1 amide bonds. The third kappa shape index (κ3) is 3.12. The summed E-state index contributed by atoms with van der Waals surface area (Å²) in [5.74, 6) is -0.534. The molecule has 4 rings (SSSR count). The number of rotatable bonds is 4. The van der Waals surface area contributed by atoms with Gasteiger partial charge in [0, 0.05) is 11.1 Å². The van der Waals surface area contributed by atoms with Crippen molar-refractivity contribution in [2.75, 3.05) is 11.9 Å². The zero-order chi connectivity index (χ0) is 19.0. The molecule has 0 spiro atoms. The number of benzene rings is 2. The van der Waals surface area contributed by atoms with E-state index >= 15 is 0 Å². The minimum atomic E-state index is -0.712. The van der Waals surface area contributed by atoms with Gasteiger partial charge in [0.25, 0.3) is 5.91 Å². The molecule has 3 aromatic rings. The standard InChI is InChI=1S/C19H15N3O5/c1-11-4-2-3-5-13(11)18-21-27-19(25)22(18)9-15(23)12-6-7-16-14(8-12)20-17(24)10-26-16/h2-8H,9-10H2,1H3,(H,20,24). The molecule has 1 aromatic heterocycles. The lowest BCUT2D eigenvalue weighted by molar-refractivity contribution is -0.118. The third-order valence-corrected chi connectivity index (χ3v) is 4.31. The molecule has 0 saturated heterocycles. The predicted octanol–water partition coefficient (Wildman–Crippen LogP) is 2.03. The zero-order valence-corrected chi connectivity index (χ0v) is 14.4. The van der Waals surface area contributed by atoms with Crippen LogP contribution >= 0.6 is 0 Å². The monoisotopic (exact) mass is 365 g/mol. The number of fused-ring (bicyclic) bond motifs is 1. The molecular formula is C19H15N3O5. The van der Waals surface area contributed by atoms with E-state index in [0.717, 1.165) is 5.56 Å². The van der Waals surface area contributed by atoms with Crippen LogP contribution in [0.2, 0.25) is 0 Å². The Labute approximate surface area is 153 Å². The van der Waals surface area contributed by atoms with Crippen molar-refractivity contribution in [3.05, 3.63) is 64.1 Å². The second kappa shape index (κ2) is 6.56. The second-order valence-corrected chi connectivity index (χ2v) is 6.14. The fourth-order valence-electron chi connectivity index (χ4n) is 2.92. The van der Waals surface area contributed by atoms with E-state index in [1.165, 1.54) is 10.6 Å². The van der Waals surface area contributed by atoms with Crippen LogP contribution in [0, 0.1) is 6.92 Å². The lowest BCUT2D eigenvalue weighted by Gasteiger charge is -2.18. The number of aromatic nitrogens is 2. The molecule has 1 aliphatic rings. The van der Waals surface area contributed by atoms with Crippen molar-refractivity contribution in [1.29, 1.82) is 0 Å². The van der Waals surface area contributed by atoms with Crippen LogP contribution in [-0.4, -0.2) is 28.0 Å². The minimum absolute atomic E-state index is 0.0594. The van der Waals surface area contributed by atoms with Gasteiger partial charge in [0.05, 0.1) is 12.2 Å². The summed E-state index contributed by atoms with van der Waals surface area (Å²) < 4.78 is 11.3. The van der Waals surface area contributed by atoms with E-state index in [0.29, 0.717) is 28.4 Å². The fraction of sp³-hybridized carbons (Fsp3) is 0.158. The maximum absolute atomic E-state index is 12.7. The van der Waals surface area contributed by atoms with Crippen molar-refractivity contribution in [2.45, 2.75) is 13.5 Å². The van der Waals surface area contributed by atoms with Gasteiger partial charge in [-0.3, -0.25) is 14.1 Å². The van der Waals surface area contributed by atoms with Crippen molar-refractivity contribution in [2.24, 2.45) is 0 Å². The number of hydrogen-bond acceptors (Lipinski definition) is 6. The van der Waals surface area contributed by atoms with Crippen molar-refractivity contribution < 1.29 is 18.8 Å². The molecule has 1 aliphatic heterocycles. The summed E-state index contributed by atoms with van der Waals surface area (Å²) in [7, 11) is 0. The number of amides is 1. The number of nitrogens with one attached hydrogen (secondary N) is 1. The number of Topliss-reactive ketones (excluding diaryl/α,β-unsaturated/α-hetero) is 1. The van der Waals surface area contributed by atoms with Crippen molar-refractivity contribution in [3.8, 4) is 17.1 Å². The molecule has 0 saturated carbocycles.